The molecule has 1 heterocycles. The number of hydrogen-bond donors (Lipinski definition) is 1. The van der Waals surface area contributed by atoms with Gasteiger partial charge in [0.2, 0.25) is 5.91 Å². The maximum Gasteiger partial charge on any atom is 0.408 e. The predicted molar refractivity (Wildman–Crippen MR) is 113 cm³/mol. The van der Waals surface area contributed by atoms with Crippen LogP contribution in [0.1, 0.15) is 47.5 Å². The molecule has 2 rings (SSSR count). The van der Waals surface area contributed by atoms with Crippen LogP contribution in [0.4, 0.5) is 9.18 Å². The molecule has 0 bridgehead atoms. The van der Waals surface area contributed by atoms with E-state index in [0.717, 1.165) is 0 Å². The van der Waals surface area contributed by atoms with Crippen LogP contribution in [0.3, 0.4) is 0 Å². The molecule has 1 aliphatic heterocycles. The van der Waals surface area contributed by atoms with Gasteiger partial charge in [0, 0.05) is 31.5 Å². The summed E-state index contributed by atoms with van der Waals surface area (Å²) in [6.45, 7) is 10.1. The van der Waals surface area contributed by atoms with Gasteiger partial charge in [-0.2, -0.15) is 0 Å². The van der Waals surface area contributed by atoms with Gasteiger partial charge < -0.3 is 14.7 Å². The van der Waals surface area contributed by atoms with E-state index in [9.17, 15) is 19.1 Å². The second-order valence-electron chi connectivity index (χ2n) is 8.73. The molecule has 1 N–H and O–H groups in total. The Bertz CT molecular complexity index is 743. The number of amides is 2. The second kappa shape index (κ2) is 9.32. The number of carbonyl (C=O) groups is 2. The summed E-state index contributed by atoms with van der Waals surface area (Å²) in [7, 11) is 0. The number of halogens is 2. The molecule has 1 atom stereocenters. The lowest BCUT2D eigenvalue weighted by Gasteiger charge is -2.43. The van der Waals surface area contributed by atoms with Gasteiger partial charge in [-0.05, 0) is 60.8 Å². The summed E-state index contributed by atoms with van der Waals surface area (Å²) in [5.41, 5.74) is -0.688. The van der Waals surface area contributed by atoms with Crippen LogP contribution in [0.2, 0.25) is 0 Å². The largest absolute Gasteiger partial charge is 0.489 e. The molecule has 1 aromatic carbocycles. The fourth-order valence-corrected chi connectivity index (χ4v) is 4.09. The molecule has 1 fully saturated rings. The zero-order chi connectivity index (χ0) is 21.9. The Balaban J connectivity index is 2.06. The SMILES string of the molecule is CC(C)[C@@H](C(=O)N1CCC(Oc2ccc(F)cc2Br)CC1)N(C(=O)O)C(C)(C)C. The Morgan fingerprint density at radius 3 is 2.31 bits per heavy atom. The summed E-state index contributed by atoms with van der Waals surface area (Å²) in [6, 6.07) is 3.55. The first-order valence-electron chi connectivity index (χ1n) is 9.84. The third-order valence-electron chi connectivity index (χ3n) is 5.03. The molecule has 162 valence electrons. The standard InChI is InChI=1S/C21H30BrFN2O4/c1-13(2)18(25(20(27)28)21(3,4)5)19(26)24-10-8-15(9-11-24)29-17-7-6-14(23)12-16(17)22/h6-7,12-13,15,18H,8-11H2,1-5H3,(H,27,28)/t18-/m0/s1. The third kappa shape index (κ3) is 5.84. The fourth-order valence-electron chi connectivity index (χ4n) is 3.65. The van der Waals surface area contributed by atoms with Crippen LogP contribution < -0.4 is 4.74 Å². The van der Waals surface area contributed by atoms with Crippen molar-refractivity contribution in [2.24, 2.45) is 5.92 Å². The number of likely N-dealkylation sites (tertiary alicyclic amines) is 1. The van der Waals surface area contributed by atoms with Crippen LogP contribution in [0.5, 0.6) is 5.75 Å². The molecular formula is C21H30BrFN2O4. The molecule has 0 saturated carbocycles. The van der Waals surface area contributed by atoms with Crippen molar-refractivity contribution in [3.8, 4) is 5.75 Å². The highest BCUT2D eigenvalue weighted by Gasteiger charge is 2.41. The number of benzene rings is 1. The number of hydrogen-bond acceptors (Lipinski definition) is 3. The zero-order valence-corrected chi connectivity index (χ0v) is 19.2. The minimum atomic E-state index is -1.09. The van der Waals surface area contributed by atoms with Gasteiger partial charge in [0.25, 0.3) is 0 Å². The molecule has 8 heteroatoms. The number of ether oxygens (including phenoxy) is 1. The summed E-state index contributed by atoms with van der Waals surface area (Å²) >= 11 is 3.30. The summed E-state index contributed by atoms with van der Waals surface area (Å²) < 4.78 is 19.8. The Morgan fingerprint density at radius 1 is 1.28 bits per heavy atom. The number of piperidine rings is 1. The average molecular weight is 473 g/mol. The molecule has 0 aromatic heterocycles. The van der Waals surface area contributed by atoms with E-state index in [2.05, 4.69) is 15.9 Å². The quantitative estimate of drug-likeness (QED) is 0.670. The maximum atomic E-state index is 13.2. The van der Waals surface area contributed by atoms with E-state index in [1.165, 1.54) is 17.0 Å². The molecular weight excluding hydrogens is 443 g/mol. The molecule has 1 aliphatic rings. The van der Waals surface area contributed by atoms with Crippen molar-refractivity contribution in [3.63, 3.8) is 0 Å². The lowest BCUT2D eigenvalue weighted by molar-refractivity contribution is -0.141. The highest BCUT2D eigenvalue weighted by molar-refractivity contribution is 9.10. The summed E-state index contributed by atoms with van der Waals surface area (Å²) in [5.74, 6) is -0.0899. The van der Waals surface area contributed by atoms with E-state index in [1.807, 2.05) is 13.8 Å². The topological polar surface area (TPSA) is 70.1 Å². The molecule has 0 unspecified atom stereocenters. The van der Waals surface area contributed by atoms with Gasteiger partial charge in [-0.3, -0.25) is 9.69 Å². The first-order valence-corrected chi connectivity index (χ1v) is 10.6. The number of carbonyl (C=O) groups excluding carboxylic acids is 1. The van der Waals surface area contributed by atoms with E-state index in [-0.39, 0.29) is 23.7 Å². The van der Waals surface area contributed by atoms with Crippen LogP contribution in [-0.4, -0.2) is 57.7 Å². The fraction of sp³-hybridized carbons (Fsp3) is 0.619. The van der Waals surface area contributed by atoms with Crippen LogP contribution in [0, 0.1) is 11.7 Å². The highest BCUT2D eigenvalue weighted by Crippen LogP contribution is 2.29. The van der Waals surface area contributed by atoms with E-state index in [4.69, 9.17) is 4.74 Å². The van der Waals surface area contributed by atoms with Crippen molar-refractivity contribution in [3.05, 3.63) is 28.5 Å². The zero-order valence-electron chi connectivity index (χ0n) is 17.6. The summed E-state index contributed by atoms with van der Waals surface area (Å²) in [4.78, 5) is 28.1. The Kier molecular flexibility index (Phi) is 7.54. The number of carboxylic acid groups (broad SMARTS) is 1. The average Bonchev–Trinajstić information content (AvgIpc) is 2.60. The predicted octanol–water partition coefficient (Wildman–Crippen LogP) is 4.76. The van der Waals surface area contributed by atoms with E-state index < -0.39 is 17.7 Å². The third-order valence-corrected chi connectivity index (χ3v) is 5.65. The molecule has 29 heavy (non-hydrogen) atoms. The molecule has 6 nitrogen and oxygen atoms in total. The van der Waals surface area contributed by atoms with Gasteiger partial charge in [-0.15, -0.1) is 0 Å². The van der Waals surface area contributed by atoms with Gasteiger partial charge in [0.15, 0.2) is 0 Å². The van der Waals surface area contributed by atoms with Crippen LogP contribution in [0.25, 0.3) is 0 Å². The lowest BCUT2D eigenvalue weighted by Crippen LogP contribution is -2.60. The second-order valence-corrected chi connectivity index (χ2v) is 9.58. The van der Waals surface area contributed by atoms with Gasteiger partial charge >= 0.3 is 6.09 Å². The van der Waals surface area contributed by atoms with Crippen molar-refractivity contribution in [2.75, 3.05) is 13.1 Å². The van der Waals surface area contributed by atoms with Crippen LogP contribution in [0.15, 0.2) is 22.7 Å². The van der Waals surface area contributed by atoms with Gasteiger partial charge in [0.05, 0.1) is 4.47 Å². The first-order chi connectivity index (χ1) is 13.4. The first kappa shape index (κ1) is 23.4. The Hall–Kier alpha value is -1.83. The van der Waals surface area contributed by atoms with Crippen molar-refractivity contribution in [2.45, 2.75) is 65.1 Å². The molecule has 2 amide bonds. The minimum absolute atomic E-state index is 0.0866. The van der Waals surface area contributed by atoms with Gasteiger partial charge in [0.1, 0.15) is 23.7 Å². The normalized spacial score (nSPS) is 16.6. The summed E-state index contributed by atoms with van der Waals surface area (Å²) in [6.07, 6.45) is 0.0757. The molecule has 0 radical (unpaired) electrons. The minimum Gasteiger partial charge on any atom is -0.489 e. The molecule has 0 aliphatic carbocycles. The Labute approximate surface area is 180 Å². The van der Waals surface area contributed by atoms with Crippen molar-refractivity contribution < 1.29 is 23.8 Å². The van der Waals surface area contributed by atoms with Crippen LogP contribution in [-0.2, 0) is 4.79 Å². The number of nitrogens with zero attached hydrogens (tertiary/aromatic N) is 2. The Morgan fingerprint density at radius 2 is 1.86 bits per heavy atom. The van der Waals surface area contributed by atoms with Crippen molar-refractivity contribution in [1.82, 2.24) is 9.80 Å². The molecule has 1 saturated heterocycles. The highest BCUT2D eigenvalue weighted by atomic mass is 79.9. The van der Waals surface area contributed by atoms with Gasteiger partial charge in [-0.25, -0.2) is 9.18 Å². The monoisotopic (exact) mass is 472 g/mol. The van der Waals surface area contributed by atoms with Crippen LogP contribution >= 0.6 is 15.9 Å². The smallest absolute Gasteiger partial charge is 0.408 e. The summed E-state index contributed by atoms with van der Waals surface area (Å²) in [5, 5.41) is 9.73. The van der Waals surface area contributed by atoms with E-state index in [1.54, 1.807) is 31.7 Å². The van der Waals surface area contributed by atoms with Crippen molar-refractivity contribution >= 4 is 27.9 Å². The number of rotatable bonds is 5. The van der Waals surface area contributed by atoms with Gasteiger partial charge in [-0.1, -0.05) is 13.8 Å². The van der Waals surface area contributed by atoms with Crippen molar-refractivity contribution in [1.29, 1.82) is 0 Å². The van der Waals surface area contributed by atoms with E-state index in [0.29, 0.717) is 36.2 Å². The molecule has 0 spiro atoms. The molecule has 1 aromatic rings. The van der Waals surface area contributed by atoms with E-state index >= 15 is 0 Å². The maximum absolute atomic E-state index is 13.2. The lowest BCUT2D eigenvalue weighted by atomic mass is 9.94.